The normalized spacial score (nSPS) is 38.6. The van der Waals surface area contributed by atoms with Crippen LogP contribution < -0.4 is 4.74 Å². The number of piperidine rings is 1. The van der Waals surface area contributed by atoms with Gasteiger partial charge in [-0.2, -0.15) is 0 Å². The molecule has 3 aliphatic heterocycles. The third-order valence-corrected chi connectivity index (χ3v) is 13.7. The molecule has 346 valence electrons. The standard InChI is InChI=1S/C48H71NO13/c1-9-33-21-27(2)20-28(3)22-41(58-7)44-42(59-8)24-30(5)48(57,62-44)45(54)46(55)49-19-11-10-12-36(49)47(56)61-43(31(6)37(51)26-38(33)52)29(4)23-32-13-18-40(39(53)25-32)60-35-16-14-34(50)15-17-35/h14-17,21,23,28,30-33,36-37,39-44,50-51,53,57H,9-13,18-20,22,24-26H2,1-8H3/b27-21+,29-23?. The van der Waals surface area contributed by atoms with E-state index >= 15 is 0 Å². The summed E-state index contributed by atoms with van der Waals surface area (Å²) in [6, 6.07) is 5.15. The molecule has 0 spiro atoms. The van der Waals surface area contributed by atoms with Gasteiger partial charge in [-0.3, -0.25) is 14.4 Å². The molecule has 1 amide bonds. The van der Waals surface area contributed by atoms with Crippen molar-refractivity contribution in [3.63, 3.8) is 0 Å². The molecule has 2 bridgehead atoms. The summed E-state index contributed by atoms with van der Waals surface area (Å²) in [4.78, 5) is 58.0. The van der Waals surface area contributed by atoms with Gasteiger partial charge in [-0.05, 0) is 120 Å². The molecule has 0 radical (unpaired) electrons. The van der Waals surface area contributed by atoms with Crippen LogP contribution in [0.3, 0.4) is 0 Å². The van der Waals surface area contributed by atoms with E-state index in [4.69, 9.17) is 23.7 Å². The number of ether oxygens (including phenoxy) is 5. The van der Waals surface area contributed by atoms with Gasteiger partial charge in [0, 0.05) is 44.9 Å². The smallest absolute Gasteiger partial charge is 0.329 e. The fraction of sp³-hybridized carbons (Fsp3) is 0.708. The number of rotatable bonds is 7. The summed E-state index contributed by atoms with van der Waals surface area (Å²) >= 11 is 0. The van der Waals surface area contributed by atoms with E-state index in [-0.39, 0.29) is 49.2 Å². The summed E-state index contributed by atoms with van der Waals surface area (Å²) in [6.07, 6.45) is 2.73. The zero-order valence-electron chi connectivity index (χ0n) is 37.9. The second-order valence-electron chi connectivity index (χ2n) is 18.5. The van der Waals surface area contributed by atoms with Crippen molar-refractivity contribution in [1.82, 2.24) is 4.90 Å². The number of phenolic OH excluding ortho intramolecular Hbond substituents is 1. The molecule has 0 aromatic heterocycles. The quantitative estimate of drug-likeness (QED) is 0.150. The molecule has 1 aromatic carbocycles. The highest BCUT2D eigenvalue weighted by molar-refractivity contribution is 6.39. The summed E-state index contributed by atoms with van der Waals surface area (Å²) in [7, 11) is 3.05. The molecular weight excluding hydrogens is 799 g/mol. The van der Waals surface area contributed by atoms with E-state index in [0.717, 1.165) is 5.57 Å². The number of carbonyl (C=O) groups excluding carboxylic acids is 4. The van der Waals surface area contributed by atoms with Crippen molar-refractivity contribution in [1.29, 1.82) is 0 Å². The number of methoxy groups -OCH3 is 2. The Hall–Kier alpha value is -3.66. The Labute approximate surface area is 367 Å². The minimum absolute atomic E-state index is 0.0187. The van der Waals surface area contributed by atoms with E-state index < -0.39 is 90.0 Å². The number of phenols is 1. The highest BCUT2D eigenvalue weighted by atomic mass is 16.7. The monoisotopic (exact) mass is 869 g/mol. The molecule has 62 heavy (non-hydrogen) atoms. The van der Waals surface area contributed by atoms with E-state index in [1.165, 1.54) is 31.3 Å². The third kappa shape index (κ3) is 11.7. The Bertz CT molecular complexity index is 1760. The van der Waals surface area contributed by atoms with Gasteiger partial charge in [-0.15, -0.1) is 0 Å². The number of cyclic esters (lactones) is 1. The fourth-order valence-electron chi connectivity index (χ4n) is 9.98. The lowest BCUT2D eigenvalue weighted by atomic mass is 9.81. The number of hydrogen-bond acceptors (Lipinski definition) is 13. The highest BCUT2D eigenvalue weighted by Crippen LogP contribution is 2.39. The first-order valence-electron chi connectivity index (χ1n) is 22.6. The van der Waals surface area contributed by atoms with Crippen molar-refractivity contribution < 1.29 is 63.3 Å². The van der Waals surface area contributed by atoms with Crippen LogP contribution in [-0.4, -0.2) is 124 Å². The van der Waals surface area contributed by atoms with Crippen LogP contribution in [-0.2, 0) is 38.1 Å². The predicted molar refractivity (Wildman–Crippen MR) is 230 cm³/mol. The molecule has 2 saturated heterocycles. The molecule has 1 aromatic rings. The van der Waals surface area contributed by atoms with Crippen LogP contribution in [0, 0.1) is 29.6 Å². The zero-order valence-corrected chi connectivity index (χ0v) is 37.9. The lowest BCUT2D eigenvalue weighted by Gasteiger charge is -2.47. The number of ketones is 2. The summed E-state index contributed by atoms with van der Waals surface area (Å²) in [5.41, 5.74) is 1.59. The number of aliphatic hydroxyl groups is 3. The molecule has 1 saturated carbocycles. The van der Waals surface area contributed by atoms with Crippen molar-refractivity contribution in [3.05, 3.63) is 47.6 Å². The van der Waals surface area contributed by atoms with Gasteiger partial charge in [0.15, 0.2) is 0 Å². The Kier molecular flexibility index (Phi) is 17.4. The maximum absolute atomic E-state index is 14.4. The maximum Gasteiger partial charge on any atom is 0.329 e. The fourth-order valence-corrected chi connectivity index (χ4v) is 9.98. The molecular formula is C48H71NO13. The number of aromatic hydroxyl groups is 1. The van der Waals surface area contributed by atoms with Crippen molar-refractivity contribution >= 4 is 23.4 Å². The van der Waals surface area contributed by atoms with Crippen molar-refractivity contribution in [2.45, 2.75) is 167 Å². The van der Waals surface area contributed by atoms with Gasteiger partial charge >= 0.3 is 5.97 Å². The topological polar surface area (TPSA) is 199 Å². The van der Waals surface area contributed by atoms with Crippen LogP contribution in [0.1, 0.15) is 112 Å². The van der Waals surface area contributed by atoms with Gasteiger partial charge in [0.2, 0.25) is 5.79 Å². The van der Waals surface area contributed by atoms with E-state index in [9.17, 15) is 39.6 Å². The summed E-state index contributed by atoms with van der Waals surface area (Å²) in [6.45, 7) is 11.1. The van der Waals surface area contributed by atoms with Crippen LogP contribution >= 0.6 is 0 Å². The van der Waals surface area contributed by atoms with Gasteiger partial charge in [0.25, 0.3) is 11.7 Å². The second kappa shape index (κ2) is 21.8. The first-order valence-corrected chi connectivity index (χ1v) is 22.6. The number of hydrogen-bond donors (Lipinski definition) is 4. The van der Waals surface area contributed by atoms with E-state index in [0.29, 0.717) is 62.7 Å². The number of aliphatic hydroxyl groups excluding tert-OH is 2. The molecule has 4 N–H and O–H groups in total. The average molecular weight is 870 g/mol. The van der Waals surface area contributed by atoms with Crippen molar-refractivity contribution in [2.75, 3.05) is 20.8 Å². The molecule has 4 aliphatic rings. The van der Waals surface area contributed by atoms with Crippen LogP contribution in [0.5, 0.6) is 11.5 Å². The van der Waals surface area contributed by atoms with Crippen LogP contribution in [0.25, 0.3) is 0 Å². The largest absolute Gasteiger partial charge is 0.508 e. The van der Waals surface area contributed by atoms with Crippen molar-refractivity contribution in [3.8, 4) is 11.5 Å². The van der Waals surface area contributed by atoms with Crippen LogP contribution in [0.2, 0.25) is 0 Å². The lowest BCUT2D eigenvalue weighted by Crippen LogP contribution is -2.64. The first-order chi connectivity index (χ1) is 29.4. The number of benzene rings is 1. The van der Waals surface area contributed by atoms with Gasteiger partial charge < -0.3 is 49.0 Å². The molecule has 14 atom stereocenters. The molecule has 14 unspecified atom stereocenters. The molecule has 3 fully saturated rings. The average Bonchev–Trinajstić information content (AvgIpc) is 3.24. The lowest BCUT2D eigenvalue weighted by molar-refractivity contribution is -0.302. The van der Waals surface area contributed by atoms with Crippen LogP contribution in [0.4, 0.5) is 0 Å². The van der Waals surface area contributed by atoms with Crippen molar-refractivity contribution in [2.24, 2.45) is 29.6 Å². The predicted octanol–water partition coefficient (Wildman–Crippen LogP) is 5.61. The van der Waals surface area contributed by atoms with E-state index in [1.807, 2.05) is 32.9 Å². The Morgan fingerprint density at radius 2 is 1.58 bits per heavy atom. The zero-order chi connectivity index (χ0) is 45.5. The Balaban J connectivity index is 1.48. The summed E-state index contributed by atoms with van der Waals surface area (Å²) in [5.74, 6) is -7.22. The molecule has 5 rings (SSSR count). The minimum atomic E-state index is -2.52. The van der Waals surface area contributed by atoms with Gasteiger partial charge in [0.05, 0.1) is 24.4 Å². The number of allylic oxidation sites excluding steroid dienone is 3. The number of Topliss-reactive ketones (excluding diaryl/α,β-unsaturated/α-hetero) is 2. The molecule has 1 aliphatic carbocycles. The SMILES string of the molecule is CCC1/C=C(\C)CC(C)CC(OC)C2OC(O)(C(=O)C(=O)N3CCCCC3C(=O)OC(C(C)=CC3CCC(Oc4ccc(O)cc4)C(O)C3)C(C)C(O)CC1=O)C(C)CC2OC. The number of fused-ring (bicyclic) bond motifs is 3. The number of esters is 1. The Morgan fingerprint density at radius 3 is 2.23 bits per heavy atom. The number of carbonyl (C=O) groups is 4. The summed E-state index contributed by atoms with van der Waals surface area (Å²) in [5, 5.41) is 44.6. The summed E-state index contributed by atoms with van der Waals surface area (Å²) < 4.78 is 30.3. The second-order valence-corrected chi connectivity index (χ2v) is 18.5. The minimum Gasteiger partial charge on any atom is -0.508 e. The maximum atomic E-state index is 14.4. The van der Waals surface area contributed by atoms with E-state index in [1.54, 1.807) is 32.9 Å². The van der Waals surface area contributed by atoms with E-state index in [2.05, 4.69) is 0 Å². The first kappa shape index (κ1) is 49.4. The Morgan fingerprint density at radius 1 is 0.903 bits per heavy atom. The molecule has 3 heterocycles. The van der Waals surface area contributed by atoms with Gasteiger partial charge in [0.1, 0.15) is 41.6 Å². The highest BCUT2D eigenvalue weighted by Gasteiger charge is 2.56. The molecule has 14 nitrogen and oxygen atoms in total. The number of amides is 1. The third-order valence-electron chi connectivity index (χ3n) is 13.7. The molecule has 14 heteroatoms. The van der Waals surface area contributed by atoms with Crippen LogP contribution in [0.15, 0.2) is 47.6 Å². The number of nitrogens with zero attached hydrogens (tertiary/aromatic N) is 1. The van der Waals surface area contributed by atoms with Gasteiger partial charge in [-0.1, -0.05) is 45.4 Å². The van der Waals surface area contributed by atoms with Gasteiger partial charge in [-0.25, -0.2) is 4.79 Å².